The van der Waals surface area contributed by atoms with E-state index in [2.05, 4.69) is 20.0 Å². The predicted molar refractivity (Wildman–Crippen MR) is 151 cm³/mol. The zero-order valence-electron chi connectivity index (χ0n) is 23.3. The van der Waals surface area contributed by atoms with Gasteiger partial charge in [-0.05, 0) is 58.7 Å². The summed E-state index contributed by atoms with van der Waals surface area (Å²) < 4.78 is 36.7. The van der Waals surface area contributed by atoms with Crippen LogP contribution in [0.4, 0.5) is 10.6 Å². The van der Waals surface area contributed by atoms with Crippen LogP contribution in [0.25, 0.3) is 22.3 Å². The summed E-state index contributed by atoms with van der Waals surface area (Å²) in [6.07, 6.45) is 6.29. The summed E-state index contributed by atoms with van der Waals surface area (Å²) >= 11 is 0. The number of rotatable bonds is 4. The first-order valence-corrected chi connectivity index (χ1v) is 14.8. The molecule has 2 atom stereocenters. The standard InChI is InChI=1S/C28H33N7O4S/c1-18-6-10-22(11-7-18)40(37,38)35-24(19-13-31-32(5)14-19)12-23-25(29-17-30-26(23)35)33-15-20-8-9-21(16-33)34(20)27(36)39-28(2,3)4/h6-7,10-14,17,20-21H,8-9,15-16H2,1-5H3/t20-,21+. The highest BCUT2D eigenvalue weighted by molar-refractivity contribution is 7.90. The number of fused-ring (bicyclic) bond motifs is 3. The second-order valence-electron chi connectivity index (χ2n) is 11.6. The van der Waals surface area contributed by atoms with Crippen molar-refractivity contribution in [2.24, 2.45) is 7.05 Å². The molecule has 2 fully saturated rings. The van der Waals surface area contributed by atoms with Gasteiger partial charge in [0.25, 0.3) is 10.0 Å². The van der Waals surface area contributed by atoms with Gasteiger partial charge in [-0.1, -0.05) is 17.7 Å². The maximum atomic E-state index is 14.1. The maximum absolute atomic E-state index is 14.1. The Kier molecular flexibility index (Phi) is 6.13. The van der Waals surface area contributed by atoms with E-state index in [4.69, 9.17) is 4.74 Å². The fourth-order valence-electron chi connectivity index (χ4n) is 5.73. The molecule has 2 aliphatic rings. The van der Waals surface area contributed by atoms with Crippen LogP contribution in [0.5, 0.6) is 0 Å². The van der Waals surface area contributed by atoms with Crippen LogP contribution < -0.4 is 4.90 Å². The van der Waals surface area contributed by atoms with Gasteiger partial charge in [0.05, 0.1) is 34.3 Å². The van der Waals surface area contributed by atoms with Crippen LogP contribution in [0.1, 0.15) is 39.2 Å². The van der Waals surface area contributed by atoms with Gasteiger partial charge in [0, 0.05) is 31.9 Å². The van der Waals surface area contributed by atoms with Crippen LogP contribution in [0.15, 0.2) is 53.9 Å². The van der Waals surface area contributed by atoms with E-state index >= 15 is 0 Å². The highest BCUT2D eigenvalue weighted by Crippen LogP contribution is 2.38. The molecule has 0 aliphatic carbocycles. The molecular formula is C28H33N7O4S. The first kappa shape index (κ1) is 26.3. The highest BCUT2D eigenvalue weighted by atomic mass is 32.2. The number of carbonyl (C=O) groups is 1. The van der Waals surface area contributed by atoms with Crippen LogP contribution in [-0.2, 0) is 21.8 Å². The van der Waals surface area contributed by atoms with E-state index in [1.54, 1.807) is 48.4 Å². The fourth-order valence-corrected chi connectivity index (χ4v) is 7.21. The maximum Gasteiger partial charge on any atom is 0.410 e. The lowest BCUT2D eigenvalue weighted by Gasteiger charge is -2.41. The molecule has 0 unspecified atom stereocenters. The van der Waals surface area contributed by atoms with Crippen LogP contribution >= 0.6 is 0 Å². The van der Waals surface area contributed by atoms with Crippen molar-refractivity contribution >= 4 is 33.0 Å². The molecule has 11 nitrogen and oxygen atoms in total. The van der Waals surface area contributed by atoms with Crippen LogP contribution in [0.2, 0.25) is 0 Å². The van der Waals surface area contributed by atoms with Crippen molar-refractivity contribution in [3.05, 3.63) is 54.6 Å². The smallest absolute Gasteiger partial charge is 0.410 e. The Morgan fingerprint density at radius 2 is 1.73 bits per heavy atom. The predicted octanol–water partition coefficient (Wildman–Crippen LogP) is 3.97. The number of aryl methyl sites for hydroxylation is 2. The van der Waals surface area contributed by atoms with Gasteiger partial charge in [0.15, 0.2) is 5.65 Å². The average molecular weight is 564 g/mol. The van der Waals surface area contributed by atoms with Gasteiger partial charge in [-0.2, -0.15) is 5.10 Å². The number of hydrogen-bond donors (Lipinski definition) is 0. The molecule has 4 aromatic rings. The van der Waals surface area contributed by atoms with Crippen molar-refractivity contribution in [3.8, 4) is 11.3 Å². The highest BCUT2D eigenvalue weighted by Gasteiger charge is 2.45. The van der Waals surface area contributed by atoms with E-state index in [0.717, 1.165) is 18.4 Å². The Labute approximate surface area is 233 Å². The van der Waals surface area contributed by atoms with E-state index < -0.39 is 15.6 Å². The topological polar surface area (TPSA) is 115 Å². The summed E-state index contributed by atoms with van der Waals surface area (Å²) in [7, 11) is -2.21. The largest absolute Gasteiger partial charge is 0.444 e. The fraction of sp³-hybridized carbons (Fsp3) is 0.429. The van der Waals surface area contributed by atoms with Crippen LogP contribution in [0.3, 0.4) is 0 Å². The number of nitrogens with zero attached hydrogens (tertiary/aromatic N) is 7. The summed E-state index contributed by atoms with van der Waals surface area (Å²) in [6, 6.07) is 8.57. The number of amides is 1. The molecule has 3 aromatic heterocycles. The van der Waals surface area contributed by atoms with Crippen molar-refractivity contribution in [3.63, 3.8) is 0 Å². The molecule has 2 aliphatic heterocycles. The third kappa shape index (κ3) is 4.49. The second-order valence-corrected chi connectivity index (χ2v) is 13.4. The van der Waals surface area contributed by atoms with Crippen LogP contribution in [-0.4, -0.2) is 73.9 Å². The molecule has 0 spiro atoms. The number of benzene rings is 1. The molecule has 6 rings (SSSR count). The van der Waals surface area contributed by atoms with Crippen molar-refractivity contribution in [1.82, 2.24) is 28.6 Å². The number of ether oxygens (including phenoxy) is 1. The molecule has 0 saturated carbocycles. The van der Waals surface area contributed by atoms with E-state index in [-0.39, 0.29) is 23.1 Å². The van der Waals surface area contributed by atoms with E-state index in [0.29, 0.717) is 41.2 Å². The van der Waals surface area contributed by atoms with Gasteiger partial charge < -0.3 is 9.64 Å². The molecule has 0 radical (unpaired) electrons. The average Bonchev–Trinajstić information content (AvgIpc) is 3.56. The lowest BCUT2D eigenvalue weighted by atomic mass is 10.1. The summed E-state index contributed by atoms with van der Waals surface area (Å²) in [5.41, 5.74) is 1.80. The van der Waals surface area contributed by atoms with Crippen molar-refractivity contribution in [1.29, 1.82) is 0 Å². The minimum absolute atomic E-state index is 0.0187. The lowest BCUT2D eigenvalue weighted by molar-refractivity contribution is 0.0123. The van der Waals surface area contributed by atoms with Crippen molar-refractivity contribution in [2.45, 2.75) is 63.1 Å². The van der Waals surface area contributed by atoms with E-state index in [9.17, 15) is 13.2 Å². The van der Waals surface area contributed by atoms with Gasteiger partial charge in [-0.25, -0.2) is 27.2 Å². The van der Waals surface area contributed by atoms with Gasteiger partial charge in [0.1, 0.15) is 17.7 Å². The summed E-state index contributed by atoms with van der Waals surface area (Å²) in [6.45, 7) is 8.67. The number of anilines is 1. The molecule has 210 valence electrons. The zero-order chi connectivity index (χ0) is 28.4. The quantitative estimate of drug-likeness (QED) is 0.366. The molecule has 1 aromatic carbocycles. The number of carbonyl (C=O) groups excluding carboxylic acids is 1. The Bertz CT molecular complexity index is 1690. The first-order valence-electron chi connectivity index (χ1n) is 13.4. The SMILES string of the molecule is Cc1ccc(S(=O)(=O)n2c(-c3cnn(C)c3)cc3c(N4C[C@H]5CC[C@@H](C4)N5C(=O)OC(C)(C)C)ncnc32)cc1. The summed E-state index contributed by atoms with van der Waals surface area (Å²) in [4.78, 5) is 26.3. The molecule has 1 amide bonds. The zero-order valence-corrected chi connectivity index (χ0v) is 24.1. The molecule has 40 heavy (non-hydrogen) atoms. The Morgan fingerprint density at radius 1 is 1.05 bits per heavy atom. The minimum atomic E-state index is -4.00. The van der Waals surface area contributed by atoms with Gasteiger partial charge >= 0.3 is 6.09 Å². The Hall–Kier alpha value is -3.93. The molecule has 2 saturated heterocycles. The number of piperazine rings is 1. The molecule has 5 heterocycles. The third-order valence-electron chi connectivity index (χ3n) is 7.48. The lowest BCUT2D eigenvalue weighted by Crippen LogP contribution is -2.57. The van der Waals surface area contributed by atoms with E-state index in [1.165, 1.54) is 10.3 Å². The minimum Gasteiger partial charge on any atom is -0.444 e. The van der Waals surface area contributed by atoms with Crippen molar-refractivity contribution < 1.29 is 17.9 Å². The van der Waals surface area contributed by atoms with Gasteiger partial charge in [-0.3, -0.25) is 9.58 Å². The Balaban J connectivity index is 1.44. The number of aromatic nitrogens is 5. The summed E-state index contributed by atoms with van der Waals surface area (Å²) in [5, 5.41) is 4.90. The Morgan fingerprint density at radius 3 is 2.33 bits per heavy atom. The molecule has 0 N–H and O–H groups in total. The molecule has 12 heteroatoms. The molecular weight excluding hydrogens is 530 g/mol. The van der Waals surface area contributed by atoms with E-state index in [1.807, 2.05) is 38.7 Å². The van der Waals surface area contributed by atoms with Crippen LogP contribution in [0, 0.1) is 6.92 Å². The molecule has 2 bridgehead atoms. The second kappa shape index (κ2) is 9.33. The van der Waals surface area contributed by atoms with Gasteiger partial charge in [-0.15, -0.1) is 0 Å². The van der Waals surface area contributed by atoms with Gasteiger partial charge in [0.2, 0.25) is 0 Å². The number of hydrogen-bond acceptors (Lipinski definition) is 8. The third-order valence-corrected chi connectivity index (χ3v) is 9.20. The normalized spacial score (nSPS) is 19.4. The monoisotopic (exact) mass is 563 g/mol. The summed E-state index contributed by atoms with van der Waals surface area (Å²) in [5.74, 6) is 0.647. The first-order chi connectivity index (χ1) is 18.9. The van der Waals surface area contributed by atoms with Crippen molar-refractivity contribution in [2.75, 3.05) is 18.0 Å².